The molecule has 4 heteroatoms. The Kier molecular flexibility index (Phi) is 4.29. The number of anilines is 1. The molecular formula is C10H11BrClNO. The molecule has 0 aliphatic rings. The number of halogens is 2. The van der Waals surface area contributed by atoms with Gasteiger partial charge in [0, 0.05) is 22.8 Å². The van der Waals surface area contributed by atoms with Gasteiger partial charge in [0.25, 0.3) is 0 Å². The van der Waals surface area contributed by atoms with E-state index in [0.717, 1.165) is 10.2 Å². The van der Waals surface area contributed by atoms with Crippen molar-refractivity contribution in [3.05, 3.63) is 34.3 Å². The van der Waals surface area contributed by atoms with Gasteiger partial charge >= 0.3 is 0 Å². The quantitative estimate of drug-likeness (QED) is 0.906. The van der Waals surface area contributed by atoms with Gasteiger partial charge in [-0.2, -0.15) is 0 Å². The molecule has 14 heavy (non-hydrogen) atoms. The van der Waals surface area contributed by atoms with Crippen LogP contribution in [-0.2, 0) is 0 Å². The molecule has 0 aromatic heterocycles. The number of methoxy groups -OCH3 is 1. The topological polar surface area (TPSA) is 21.3 Å². The molecule has 1 aromatic carbocycles. The van der Waals surface area contributed by atoms with Gasteiger partial charge in [0.2, 0.25) is 0 Å². The molecule has 0 amide bonds. The summed E-state index contributed by atoms with van der Waals surface area (Å²) in [4.78, 5) is 0. The first-order chi connectivity index (χ1) is 6.63. The minimum Gasteiger partial charge on any atom is -0.495 e. The van der Waals surface area contributed by atoms with Crippen LogP contribution in [0.15, 0.2) is 29.3 Å². The molecule has 1 rings (SSSR count). The monoisotopic (exact) mass is 275 g/mol. The van der Waals surface area contributed by atoms with Crippen molar-refractivity contribution in [2.24, 2.45) is 0 Å². The van der Waals surface area contributed by atoms with Crippen molar-refractivity contribution >= 4 is 33.2 Å². The fourth-order valence-corrected chi connectivity index (χ4v) is 1.30. The molecule has 0 atom stereocenters. The molecule has 0 saturated carbocycles. The van der Waals surface area contributed by atoms with E-state index in [1.165, 1.54) is 0 Å². The maximum atomic E-state index is 5.88. The molecule has 76 valence electrons. The summed E-state index contributed by atoms with van der Waals surface area (Å²) < 4.78 is 5.98. The Hall–Kier alpha value is -0.670. The molecule has 1 N–H and O–H groups in total. The van der Waals surface area contributed by atoms with Gasteiger partial charge in [0.05, 0.1) is 12.1 Å². The third-order valence-corrected chi connectivity index (χ3v) is 2.23. The lowest BCUT2D eigenvalue weighted by molar-refractivity contribution is 0.415. The summed E-state index contributed by atoms with van der Waals surface area (Å²) in [6.45, 7) is 4.40. The van der Waals surface area contributed by atoms with E-state index in [2.05, 4.69) is 27.8 Å². The van der Waals surface area contributed by atoms with E-state index >= 15 is 0 Å². The highest BCUT2D eigenvalue weighted by Gasteiger charge is 2.01. The predicted molar refractivity (Wildman–Crippen MR) is 64.6 cm³/mol. The zero-order valence-electron chi connectivity index (χ0n) is 7.81. The number of hydrogen-bond acceptors (Lipinski definition) is 2. The third-order valence-electron chi connectivity index (χ3n) is 1.64. The second-order valence-electron chi connectivity index (χ2n) is 2.72. The van der Waals surface area contributed by atoms with Gasteiger partial charge in [-0.25, -0.2) is 0 Å². The molecule has 1 aromatic rings. The van der Waals surface area contributed by atoms with Gasteiger partial charge < -0.3 is 10.1 Å². The normalized spacial score (nSPS) is 9.64. The average Bonchev–Trinajstić information content (AvgIpc) is 2.16. The molecular weight excluding hydrogens is 265 g/mol. The lowest BCUT2D eigenvalue weighted by atomic mass is 10.3. The molecule has 0 fully saturated rings. The number of rotatable bonds is 4. The van der Waals surface area contributed by atoms with Gasteiger partial charge in [-0.3, -0.25) is 0 Å². The van der Waals surface area contributed by atoms with Crippen LogP contribution in [0.5, 0.6) is 5.75 Å². The van der Waals surface area contributed by atoms with Crippen molar-refractivity contribution in [3.8, 4) is 5.75 Å². The van der Waals surface area contributed by atoms with Crippen LogP contribution in [0.1, 0.15) is 0 Å². The Bertz CT molecular complexity index is 341. The third kappa shape index (κ3) is 3.24. The van der Waals surface area contributed by atoms with E-state index in [4.69, 9.17) is 16.3 Å². The first-order valence-corrected chi connectivity index (χ1v) is 5.21. The summed E-state index contributed by atoms with van der Waals surface area (Å²) in [5, 5.41) is 3.77. The standard InChI is InChI=1S/C10H11BrClNO/c1-7(11)6-13-8-3-4-9(12)10(5-8)14-2/h3-5,13H,1,6H2,2H3. The number of ether oxygens (including phenoxy) is 1. The van der Waals surface area contributed by atoms with Crippen LogP contribution in [0, 0.1) is 0 Å². The van der Waals surface area contributed by atoms with E-state index in [0.29, 0.717) is 17.3 Å². The van der Waals surface area contributed by atoms with Crippen molar-refractivity contribution in [2.75, 3.05) is 19.0 Å². The fourth-order valence-electron chi connectivity index (χ4n) is 0.968. The van der Waals surface area contributed by atoms with E-state index in [1.807, 2.05) is 12.1 Å². The van der Waals surface area contributed by atoms with E-state index < -0.39 is 0 Å². The molecule has 0 radical (unpaired) electrons. The van der Waals surface area contributed by atoms with E-state index in [-0.39, 0.29) is 0 Å². The lowest BCUT2D eigenvalue weighted by Crippen LogP contribution is -2.00. The maximum absolute atomic E-state index is 5.88. The summed E-state index contributed by atoms with van der Waals surface area (Å²) in [5.41, 5.74) is 0.951. The Labute approximate surface area is 97.0 Å². The van der Waals surface area contributed by atoms with Crippen molar-refractivity contribution in [1.29, 1.82) is 0 Å². The van der Waals surface area contributed by atoms with Crippen LogP contribution < -0.4 is 10.1 Å². The molecule has 0 spiro atoms. The largest absolute Gasteiger partial charge is 0.495 e. The Morgan fingerprint density at radius 1 is 1.64 bits per heavy atom. The maximum Gasteiger partial charge on any atom is 0.139 e. The summed E-state index contributed by atoms with van der Waals surface area (Å²) >= 11 is 9.15. The minimum atomic E-state index is 0.607. The summed E-state index contributed by atoms with van der Waals surface area (Å²) in [6, 6.07) is 5.53. The van der Waals surface area contributed by atoms with Gasteiger partial charge in [-0.1, -0.05) is 34.1 Å². The highest BCUT2D eigenvalue weighted by Crippen LogP contribution is 2.27. The SMILES string of the molecule is C=C(Br)CNc1ccc(Cl)c(OC)c1. The van der Waals surface area contributed by atoms with Gasteiger partial charge in [0.1, 0.15) is 5.75 Å². The number of benzene rings is 1. The highest BCUT2D eigenvalue weighted by atomic mass is 79.9. The fraction of sp³-hybridized carbons (Fsp3) is 0.200. The van der Waals surface area contributed by atoms with Crippen molar-refractivity contribution in [2.45, 2.75) is 0 Å². The average molecular weight is 277 g/mol. The summed E-state index contributed by atoms with van der Waals surface area (Å²) in [7, 11) is 1.59. The molecule has 0 saturated heterocycles. The first kappa shape index (κ1) is 11.4. The first-order valence-electron chi connectivity index (χ1n) is 4.04. The molecule has 0 bridgehead atoms. The van der Waals surface area contributed by atoms with Gasteiger partial charge in [-0.15, -0.1) is 0 Å². The zero-order chi connectivity index (χ0) is 10.6. The van der Waals surface area contributed by atoms with Crippen molar-refractivity contribution < 1.29 is 4.74 Å². The second-order valence-corrected chi connectivity index (χ2v) is 4.25. The van der Waals surface area contributed by atoms with Crippen LogP contribution in [0.4, 0.5) is 5.69 Å². The predicted octanol–water partition coefficient (Wildman–Crippen LogP) is 3.67. The van der Waals surface area contributed by atoms with Gasteiger partial charge in [-0.05, 0) is 12.1 Å². The zero-order valence-corrected chi connectivity index (χ0v) is 10.2. The Morgan fingerprint density at radius 2 is 2.36 bits per heavy atom. The second kappa shape index (κ2) is 5.27. The van der Waals surface area contributed by atoms with Crippen LogP contribution in [0.2, 0.25) is 5.02 Å². The van der Waals surface area contributed by atoms with Crippen molar-refractivity contribution in [1.82, 2.24) is 0 Å². The van der Waals surface area contributed by atoms with E-state index in [9.17, 15) is 0 Å². The number of hydrogen-bond donors (Lipinski definition) is 1. The molecule has 0 aliphatic heterocycles. The van der Waals surface area contributed by atoms with Crippen LogP contribution in [0.25, 0.3) is 0 Å². The van der Waals surface area contributed by atoms with Crippen molar-refractivity contribution in [3.63, 3.8) is 0 Å². The minimum absolute atomic E-state index is 0.607. The van der Waals surface area contributed by atoms with Crippen LogP contribution >= 0.6 is 27.5 Å². The lowest BCUT2D eigenvalue weighted by Gasteiger charge is -2.08. The summed E-state index contributed by atoms with van der Waals surface area (Å²) in [5.74, 6) is 0.664. The number of nitrogens with one attached hydrogen (secondary N) is 1. The molecule has 0 heterocycles. The van der Waals surface area contributed by atoms with Crippen LogP contribution in [0.3, 0.4) is 0 Å². The highest BCUT2D eigenvalue weighted by molar-refractivity contribution is 9.11. The smallest absolute Gasteiger partial charge is 0.139 e. The molecule has 0 unspecified atom stereocenters. The van der Waals surface area contributed by atoms with Gasteiger partial charge in [0.15, 0.2) is 0 Å². The molecule has 2 nitrogen and oxygen atoms in total. The Morgan fingerprint density at radius 3 is 2.93 bits per heavy atom. The Balaban J connectivity index is 2.74. The molecule has 0 aliphatic carbocycles. The van der Waals surface area contributed by atoms with E-state index in [1.54, 1.807) is 13.2 Å². The van der Waals surface area contributed by atoms with Crippen LogP contribution in [-0.4, -0.2) is 13.7 Å². The summed E-state index contributed by atoms with van der Waals surface area (Å²) in [6.07, 6.45) is 0.